The molecule has 0 spiro atoms. The lowest BCUT2D eigenvalue weighted by Crippen LogP contribution is -2.41. The molecule has 0 aliphatic carbocycles. The number of hydrogen-bond donors (Lipinski definition) is 2. The van der Waals surface area contributed by atoms with Crippen LogP contribution in [0.1, 0.15) is 47.0 Å². The average molecular weight is 256 g/mol. The van der Waals surface area contributed by atoms with Crippen LogP contribution in [-0.2, 0) is 9.53 Å². The fourth-order valence-electron chi connectivity index (χ4n) is 2.20. The number of carbonyl (C=O) groups is 1. The van der Waals surface area contributed by atoms with Gasteiger partial charge in [-0.3, -0.25) is 4.79 Å². The van der Waals surface area contributed by atoms with Crippen molar-refractivity contribution in [3.8, 4) is 0 Å². The number of nitrogens with two attached hydrogens (primary N) is 1. The van der Waals surface area contributed by atoms with E-state index in [4.69, 9.17) is 10.5 Å². The molecular weight excluding hydrogens is 228 g/mol. The lowest BCUT2D eigenvalue weighted by Gasteiger charge is -2.26. The zero-order valence-electron chi connectivity index (χ0n) is 12.2. The molecule has 0 bridgehead atoms. The van der Waals surface area contributed by atoms with Crippen LogP contribution in [-0.4, -0.2) is 31.2 Å². The Kier molecular flexibility index (Phi) is 5.60. The zero-order chi connectivity index (χ0) is 13.8. The van der Waals surface area contributed by atoms with E-state index < -0.39 is 0 Å². The predicted molar refractivity (Wildman–Crippen MR) is 73.2 cm³/mol. The monoisotopic (exact) mass is 256 g/mol. The molecule has 0 aromatic carbocycles. The fourth-order valence-corrected chi connectivity index (χ4v) is 2.20. The summed E-state index contributed by atoms with van der Waals surface area (Å²) in [6, 6.07) is -0.0979. The Balaban J connectivity index is 2.29. The van der Waals surface area contributed by atoms with Crippen LogP contribution in [0.3, 0.4) is 0 Å². The van der Waals surface area contributed by atoms with Crippen LogP contribution in [0.25, 0.3) is 0 Å². The van der Waals surface area contributed by atoms with Crippen molar-refractivity contribution in [1.29, 1.82) is 0 Å². The van der Waals surface area contributed by atoms with Gasteiger partial charge in [0.05, 0.1) is 6.10 Å². The van der Waals surface area contributed by atoms with Crippen LogP contribution in [0.5, 0.6) is 0 Å². The molecule has 1 fully saturated rings. The molecule has 4 nitrogen and oxygen atoms in total. The second-order valence-corrected chi connectivity index (χ2v) is 6.35. The van der Waals surface area contributed by atoms with Gasteiger partial charge in [-0.2, -0.15) is 0 Å². The standard InChI is InChI=1S/C14H28N2O2/c1-5-11-10(6-7-18-11)9-16-13(17)8-12(15)14(2,3)4/h10-12H,5-9,15H2,1-4H3,(H,16,17). The number of carbonyl (C=O) groups excluding carboxylic acids is 1. The lowest BCUT2D eigenvalue weighted by molar-refractivity contribution is -0.122. The van der Waals surface area contributed by atoms with Crippen molar-refractivity contribution < 1.29 is 9.53 Å². The molecular formula is C14H28N2O2. The molecule has 18 heavy (non-hydrogen) atoms. The fraction of sp³-hybridized carbons (Fsp3) is 0.929. The summed E-state index contributed by atoms with van der Waals surface area (Å²) in [5.41, 5.74) is 5.98. The summed E-state index contributed by atoms with van der Waals surface area (Å²) in [4.78, 5) is 11.8. The topological polar surface area (TPSA) is 64.3 Å². The molecule has 3 N–H and O–H groups in total. The van der Waals surface area contributed by atoms with Crippen molar-refractivity contribution >= 4 is 5.91 Å². The van der Waals surface area contributed by atoms with Gasteiger partial charge < -0.3 is 15.8 Å². The summed E-state index contributed by atoms with van der Waals surface area (Å²) in [7, 11) is 0. The largest absolute Gasteiger partial charge is 0.378 e. The molecule has 1 aliphatic rings. The number of ether oxygens (including phenoxy) is 1. The van der Waals surface area contributed by atoms with Crippen LogP contribution in [0.2, 0.25) is 0 Å². The van der Waals surface area contributed by atoms with Gasteiger partial charge in [-0.05, 0) is 18.3 Å². The van der Waals surface area contributed by atoms with Gasteiger partial charge in [0.25, 0.3) is 0 Å². The first-order valence-electron chi connectivity index (χ1n) is 6.98. The van der Waals surface area contributed by atoms with Crippen LogP contribution in [0.15, 0.2) is 0 Å². The Morgan fingerprint density at radius 2 is 2.17 bits per heavy atom. The van der Waals surface area contributed by atoms with Crippen molar-refractivity contribution in [2.45, 2.75) is 59.1 Å². The molecule has 1 aliphatic heterocycles. The maximum absolute atomic E-state index is 11.8. The smallest absolute Gasteiger partial charge is 0.221 e. The van der Waals surface area contributed by atoms with E-state index in [0.717, 1.165) is 19.4 Å². The molecule has 4 heteroatoms. The van der Waals surface area contributed by atoms with Gasteiger partial charge in [0.15, 0.2) is 0 Å². The van der Waals surface area contributed by atoms with Crippen LogP contribution >= 0.6 is 0 Å². The summed E-state index contributed by atoms with van der Waals surface area (Å²) < 4.78 is 5.61. The molecule has 1 rings (SSSR count). The van der Waals surface area contributed by atoms with Gasteiger partial charge in [-0.1, -0.05) is 27.7 Å². The molecule has 0 aromatic heterocycles. The minimum atomic E-state index is -0.0979. The van der Waals surface area contributed by atoms with Gasteiger partial charge in [-0.25, -0.2) is 0 Å². The van der Waals surface area contributed by atoms with Crippen molar-refractivity contribution in [2.24, 2.45) is 17.1 Å². The first kappa shape index (κ1) is 15.4. The molecule has 3 unspecified atom stereocenters. The highest BCUT2D eigenvalue weighted by Gasteiger charge is 2.28. The van der Waals surface area contributed by atoms with Crippen molar-refractivity contribution in [1.82, 2.24) is 5.32 Å². The van der Waals surface area contributed by atoms with Gasteiger partial charge in [0.2, 0.25) is 5.91 Å². The van der Waals surface area contributed by atoms with Crippen LogP contribution in [0.4, 0.5) is 0 Å². The number of nitrogens with one attached hydrogen (secondary N) is 1. The predicted octanol–water partition coefficient (Wildman–Crippen LogP) is 1.68. The zero-order valence-corrected chi connectivity index (χ0v) is 12.2. The van der Waals surface area contributed by atoms with Crippen LogP contribution < -0.4 is 11.1 Å². The van der Waals surface area contributed by atoms with Crippen molar-refractivity contribution in [3.63, 3.8) is 0 Å². The highest BCUT2D eigenvalue weighted by Crippen LogP contribution is 2.23. The lowest BCUT2D eigenvalue weighted by atomic mass is 9.85. The third-order valence-electron chi connectivity index (χ3n) is 3.83. The minimum Gasteiger partial charge on any atom is -0.378 e. The maximum atomic E-state index is 11.8. The van der Waals surface area contributed by atoms with E-state index >= 15 is 0 Å². The van der Waals surface area contributed by atoms with Gasteiger partial charge in [0.1, 0.15) is 0 Å². The van der Waals surface area contributed by atoms with Crippen molar-refractivity contribution in [2.75, 3.05) is 13.2 Å². The number of amides is 1. The molecule has 0 radical (unpaired) electrons. The van der Waals surface area contributed by atoms with Crippen LogP contribution in [0, 0.1) is 11.3 Å². The van der Waals surface area contributed by atoms with Crippen molar-refractivity contribution in [3.05, 3.63) is 0 Å². The average Bonchev–Trinajstić information content (AvgIpc) is 2.72. The Bertz CT molecular complexity index is 273. The molecule has 1 amide bonds. The van der Waals surface area contributed by atoms with E-state index in [9.17, 15) is 4.79 Å². The normalized spacial score (nSPS) is 26.1. The van der Waals surface area contributed by atoms with E-state index in [2.05, 4.69) is 33.0 Å². The van der Waals surface area contributed by atoms with E-state index in [-0.39, 0.29) is 17.4 Å². The third-order valence-corrected chi connectivity index (χ3v) is 3.83. The summed E-state index contributed by atoms with van der Waals surface area (Å²) in [5.74, 6) is 0.518. The van der Waals surface area contributed by atoms with Gasteiger partial charge in [-0.15, -0.1) is 0 Å². The Morgan fingerprint density at radius 3 is 2.72 bits per heavy atom. The molecule has 106 valence electrons. The second kappa shape index (κ2) is 6.53. The van der Waals surface area contributed by atoms with Gasteiger partial charge >= 0.3 is 0 Å². The number of hydrogen-bond acceptors (Lipinski definition) is 3. The third kappa shape index (κ3) is 4.58. The Morgan fingerprint density at radius 1 is 1.50 bits per heavy atom. The Hall–Kier alpha value is -0.610. The second-order valence-electron chi connectivity index (χ2n) is 6.35. The highest BCUT2D eigenvalue weighted by atomic mass is 16.5. The number of rotatable bonds is 5. The summed E-state index contributed by atoms with van der Waals surface area (Å²) in [6.45, 7) is 9.84. The summed E-state index contributed by atoms with van der Waals surface area (Å²) in [6.07, 6.45) is 2.77. The molecule has 1 heterocycles. The van der Waals surface area contributed by atoms with E-state index in [0.29, 0.717) is 25.0 Å². The summed E-state index contributed by atoms with van der Waals surface area (Å²) >= 11 is 0. The van der Waals surface area contributed by atoms with E-state index in [1.165, 1.54) is 0 Å². The quantitative estimate of drug-likeness (QED) is 0.786. The first-order chi connectivity index (χ1) is 8.34. The van der Waals surface area contributed by atoms with Gasteiger partial charge in [0, 0.05) is 31.5 Å². The minimum absolute atomic E-state index is 0.0280. The summed E-state index contributed by atoms with van der Waals surface area (Å²) in [5, 5.41) is 2.99. The molecule has 3 atom stereocenters. The molecule has 0 saturated carbocycles. The maximum Gasteiger partial charge on any atom is 0.221 e. The first-order valence-corrected chi connectivity index (χ1v) is 6.98. The van der Waals surface area contributed by atoms with E-state index in [1.54, 1.807) is 0 Å². The highest BCUT2D eigenvalue weighted by molar-refractivity contribution is 5.76. The SMILES string of the molecule is CCC1OCCC1CNC(=O)CC(N)C(C)(C)C. The van der Waals surface area contributed by atoms with E-state index in [1.807, 2.05) is 0 Å². The Labute approximate surface area is 111 Å². The molecule has 1 saturated heterocycles. The molecule has 0 aromatic rings.